The maximum Gasteiger partial charge on any atom is 0.0628 e. The van der Waals surface area contributed by atoms with Crippen molar-refractivity contribution in [2.24, 2.45) is 0 Å². The van der Waals surface area contributed by atoms with Crippen LogP contribution >= 0.6 is 12.0 Å². The van der Waals surface area contributed by atoms with Crippen molar-refractivity contribution >= 4 is 12.0 Å². The molecule has 1 heterocycles. The van der Waals surface area contributed by atoms with Crippen molar-refractivity contribution in [1.82, 2.24) is 0 Å². The molecule has 0 spiro atoms. The molecule has 2 heteroatoms. The van der Waals surface area contributed by atoms with Crippen LogP contribution in [0, 0.1) is 0 Å². The summed E-state index contributed by atoms with van der Waals surface area (Å²) in [5, 5.41) is 0. The predicted molar refractivity (Wildman–Crippen MR) is 59.9 cm³/mol. The Labute approximate surface area is 86.8 Å². The first-order valence-corrected chi connectivity index (χ1v) is 6.38. The Morgan fingerprint density at radius 1 is 1.15 bits per heavy atom. The van der Waals surface area contributed by atoms with Crippen molar-refractivity contribution < 1.29 is 4.18 Å². The fourth-order valence-electron chi connectivity index (χ4n) is 1.89. The molecule has 0 bridgehead atoms. The van der Waals surface area contributed by atoms with Crippen molar-refractivity contribution in [2.75, 3.05) is 6.61 Å². The molecule has 1 nitrogen and oxygen atoms in total. The lowest BCUT2D eigenvalue weighted by molar-refractivity contribution is 0.378. The third-order valence-corrected chi connectivity index (χ3v) is 4.10. The molecular formula is C11H22OS. The normalized spacial score (nSPS) is 20.8. The zero-order chi connectivity index (χ0) is 9.57. The van der Waals surface area contributed by atoms with Gasteiger partial charge in [-0.05, 0) is 31.3 Å². The number of unbranched alkanes of at least 4 members (excludes halogenated alkanes) is 2. The zero-order valence-corrected chi connectivity index (χ0v) is 9.79. The van der Waals surface area contributed by atoms with E-state index in [9.17, 15) is 0 Å². The van der Waals surface area contributed by atoms with Gasteiger partial charge in [-0.3, -0.25) is 0 Å². The molecule has 0 unspecified atom stereocenters. The monoisotopic (exact) mass is 202 g/mol. The summed E-state index contributed by atoms with van der Waals surface area (Å²) in [5.74, 6) is 0. The van der Waals surface area contributed by atoms with Crippen molar-refractivity contribution in [3.63, 3.8) is 0 Å². The highest BCUT2D eigenvalue weighted by atomic mass is 32.2. The van der Waals surface area contributed by atoms with E-state index in [-0.39, 0.29) is 0 Å². The first-order chi connectivity index (χ1) is 6.33. The van der Waals surface area contributed by atoms with Gasteiger partial charge in [0, 0.05) is 4.75 Å². The van der Waals surface area contributed by atoms with E-state index in [1.54, 1.807) is 12.0 Å². The van der Waals surface area contributed by atoms with Gasteiger partial charge in [0.05, 0.1) is 6.61 Å². The van der Waals surface area contributed by atoms with Gasteiger partial charge in [0.15, 0.2) is 0 Å². The molecule has 1 aliphatic heterocycles. The van der Waals surface area contributed by atoms with Crippen LogP contribution < -0.4 is 0 Å². The van der Waals surface area contributed by atoms with Crippen LogP contribution in [0.15, 0.2) is 0 Å². The molecule has 0 amide bonds. The number of hydrogen-bond acceptors (Lipinski definition) is 2. The van der Waals surface area contributed by atoms with Crippen LogP contribution in [0.1, 0.15) is 58.8 Å². The second kappa shape index (κ2) is 5.92. The molecule has 78 valence electrons. The lowest BCUT2D eigenvalue weighted by atomic mass is 9.92. The lowest BCUT2D eigenvalue weighted by Crippen LogP contribution is -2.21. The zero-order valence-electron chi connectivity index (χ0n) is 8.97. The number of rotatable bonds is 6. The molecule has 0 radical (unpaired) electrons. The van der Waals surface area contributed by atoms with Crippen LogP contribution in [0.4, 0.5) is 0 Å². The van der Waals surface area contributed by atoms with Crippen molar-refractivity contribution in [2.45, 2.75) is 63.5 Å². The Hall–Kier alpha value is 0.310. The molecule has 0 aromatic rings. The maximum atomic E-state index is 5.47. The largest absolute Gasteiger partial charge is 0.315 e. The fraction of sp³-hybridized carbons (Fsp3) is 1.00. The van der Waals surface area contributed by atoms with Crippen molar-refractivity contribution in [1.29, 1.82) is 0 Å². The quantitative estimate of drug-likeness (QED) is 0.598. The topological polar surface area (TPSA) is 9.23 Å². The highest BCUT2D eigenvalue weighted by Crippen LogP contribution is 2.44. The van der Waals surface area contributed by atoms with Gasteiger partial charge in [-0.1, -0.05) is 39.5 Å². The van der Waals surface area contributed by atoms with Gasteiger partial charge < -0.3 is 4.18 Å². The predicted octanol–water partition coefficient (Wildman–Crippen LogP) is 4.17. The minimum absolute atomic E-state index is 0.492. The van der Waals surface area contributed by atoms with Crippen LogP contribution in [0.5, 0.6) is 0 Å². The smallest absolute Gasteiger partial charge is 0.0628 e. The van der Waals surface area contributed by atoms with E-state index in [2.05, 4.69) is 13.8 Å². The lowest BCUT2D eigenvalue weighted by Gasteiger charge is -2.25. The van der Waals surface area contributed by atoms with Crippen molar-refractivity contribution in [3.05, 3.63) is 0 Å². The summed E-state index contributed by atoms with van der Waals surface area (Å²) in [7, 11) is 0. The van der Waals surface area contributed by atoms with Gasteiger partial charge in [0.1, 0.15) is 0 Å². The van der Waals surface area contributed by atoms with Gasteiger partial charge in [-0.25, -0.2) is 0 Å². The molecule has 0 atom stereocenters. The van der Waals surface area contributed by atoms with Crippen LogP contribution in [-0.2, 0) is 4.18 Å². The summed E-state index contributed by atoms with van der Waals surface area (Å²) < 4.78 is 5.96. The maximum absolute atomic E-state index is 5.47. The molecule has 0 aliphatic carbocycles. The molecule has 0 N–H and O–H groups in total. The third kappa shape index (κ3) is 3.51. The molecular weight excluding hydrogens is 180 g/mol. The number of hydrogen-bond donors (Lipinski definition) is 0. The summed E-state index contributed by atoms with van der Waals surface area (Å²) in [6.45, 7) is 5.51. The second-order valence-corrected chi connectivity index (χ2v) is 5.31. The third-order valence-electron chi connectivity index (χ3n) is 2.85. The average Bonchev–Trinajstić information content (AvgIpc) is 2.61. The van der Waals surface area contributed by atoms with E-state index in [0.717, 1.165) is 6.61 Å². The Kier molecular flexibility index (Phi) is 5.18. The van der Waals surface area contributed by atoms with E-state index in [1.807, 2.05) is 0 Å². The minimum atomic E-state index is 0.492. The first kappa shape index (κ1) is 11.4. The highest BCUT2D eigenvalue weighted by molar-refractivity contribution is 7.96. The van der Waals surface area contributed by atoms with Gasteiger partial charge in [0.25, 0.3) is 0 Å². The van der Waals surface area contributed by atoms with E-state index in [0.29, 0.717) is 4.75 Å². The van der Waals surface area contributed by atoms with E-state index < -0.39 is 0 Å². The molecule has 0 aromatic heterocycles. The molecule has 13 heavy (non-hydrogen) atoms. The van der Waals surface area contributed by atoms with E-state index >= 15 is 0 Å². The summed E-state index contributed by atoms with van der Waals surface area (Å²) in [5.41, 5.74) is 0. The van der Waals surface area contributed by atoms with Crippen LogP contribution in [-0.4, -0.2) is 11.4 Å². The van der Waals surface area contributed by atoms with Crippen LogP contribution in [0.3, 0.4) is 0 Å². The average molecular weight is 202 g/mol. The highest BCUT2D eigenvalue weighted by Gasteiger charge is 2.34. The SMILES string of the molecule is CCCCC1(CCCC)CCOS1. The fourth-order valence-corrected chi connectivity index (χ4v) is 2.93. The van der Waals surface area contributed by atoms with E-state index in [1.165, 1.54) is 44.9 Å². The standard InChI is InChI=1S/C11H22OS/c1-3-5-7-11(8-6-4-2)9-10-12-13-11/h3-10H2,1-2H3. The van der Waals surface area contributed by atoms with Crippen LogP contribution in [0.2, 0.25) is 0 Å². The molecule has 0 aromatic carbocycles. The Bertz CT molecular complexity index is 120. The Balaban J connectivity index is 2.33. The van der Waals surface area contributed by atoms with Gasteiger partial charge >= 0.3 is 0 Å². The van der Waals surface area contributed by atoms with Crippen molar-refractivity contribution in [3.8, 4) is 0 Å². The summed E-state index contributed by atoms with van der Waals surface area (Å²) >= 11 is 1.77. The molecule has 0 saturated carbocycles. The summed E-state index contributed by atoms with van der Waals surface area (Å²) in [6.07, 6.45) is 9.34. The molecule has 1 fully saturated rings. The van der Waals surface area contributed by atoms with Gasteiger partial charge in [0.2, 0.25) is 0 Å². The minimum Gasteiger partial charge on any atom is -0.315 e. The van der Waals surface area contributed by atoms with Gasteiger partial charge in [-0.2, -0.15) is 0 Å². The summed E-state index contributed by atoms with van der Waals surface area (Å²) in [6, 6.07) is 0. The Morgan fingerprint density at radius 2 is 1.77 bits per heavy atom. The van der Waals surface area contributed by atoms with Gasteiger partial charge in [-0.15, -0.1) is 0 Å². The first-order valence-electron chi connectivity index (χ1n) is 5.63. The summed E-state index contributed by atoms with van der Waals surface area (Å²) in [4.78, 5) is 0. The molecule has 1 saturated heterocycles. The molecule has 1 rings (SSSR count). The van der Waals surface area contributed by atoms with Crippen LogP contribution in [0.25, 0.3) is 0 Å². The Morgan fingerprint density at radius 3 is 2.15 bits per heavy atom. The van der Waals surface area contributed by atoms with E-state index in [4.69, 9.17) is 4.18 Å². The second-order valence-electron chi connectivity index (χ2n) is 4.05. The molecule has 1 aliphatic rings.